The van der Waals surface area contributed by atoms with E-state index in [4.69, 9.17) is 0 Å². The molecule has 1 N–H and O–H groups in total. The Morgan fingerprint density at radius 2 is 1.50 bits per heavy atom. The van der Waals surface area contributed by atoms with E-state index in [0.717, 1.165) is 22.3 Å². The number of aryl methyl sites for hydroxylation is 3. The first-order valence-corrected chi connectivity index (χ1v) is 10.0. The molecule has 2 aromatic carbocycles. The number of nitrogens with zero attached hydrogens (tertiary/aromatic N) is 1. The lowest BCUT2D eigenvalue weighted by molar-refractivity contribution is -0.140. The number of benzene rings is 2. The number of likely N-dealkylation sites (N-methyl/N-ethyl adjacent to an activating group) is 1. The number of rotatable bonds is 8. The molecule has 0 spiro atoms. The second-order valence-electron chi connectivity index (χ2n) is 7.50. The molecule has 0 fully saturated rings. The Morgan fingerprint density at radius 1 is 0.893 bits per heavy atom. The molecule has 0 aliphatic carbocycles. The second kappa shape index (κ2) is 10.1. The van der Waals surface area contributed by atoms with Crippen LogP contribution in [0.15, 0.2) is 42.5 Å². The quantitative estimate of drug-likeness (QED) is 0.750. The van der Waals surface area contributed by atoms with Gasteiger partial charge in [-0.25, -0.2) is 0 Å². The topological polar surface area (TPSA) is 49.4 Å². The summed E-state index contributed by atoms with van der Waals surface area (Å²) < 4.78 is 0. The minimum absolute atomic E-state index is 0.0244. The highest BCUT2D eigenvalue weighted by molar-refractivity contribution is 5.88. The summed E-state index contributed by atoms with van der Waals surface area (Å²) >= 11 is 0. The molecule has 0 saturated carbocycles. The molecule has 2 aromatic rings. The Balaban J connectivity index is 2.30. The van der Waals surface area contributed by atoms with Crippen LogP contribution in [0.3, 0.4) is 0 Å². The van der Waals surface area contributed by atoms with Crippen molar-refractivity contribution in [3.05, 3.63) is 70.3 Å². The van der Waals surface area contributed by atoms with Gasteiger partial charge in [0.05, 0.1) is 6.42 Å². The number of carbonyl (C=O) groups excluding carboxylic acids is 2. The van der Waals surface area contributed by atoms with E-state index in [1.807, 2.05) is 71.0 Å². The summed E-state index contributed by atoms with van der Waals surface area (Å²) in [5.41, 5.74) is 5.48. The van der Waals surface area contributed by atoms with Crippen LogP contribution in [0.25, 0.3) is 0 Å². The van der Waals surface area contributed by atoms with E-state index < -0.39 is 6.04 Å². The van der Waals surface area contributed by atoms with Crippen LogP contribution in [0.4, 0.5) is 0 Å². The molecule has 2 amide bonds. The van der Waals surface area contributed by atoms with Crippen LogP contribution < -0.4 is 5.32 Å². The lowest BCUT2D eigenvalue weighted by Gasteiger charge is -2.30. The summed E-state index contributed by atoms with van der Waals surface area (Å²) in [6.07, 6.45) is 0.876. The number of carbonyl (C=O) groups is 2. The zero-order valence-corrected chi connectivity index (χ0v) is 17.7. The molecule has 0 radical (unpaired) electrons. The molecule has 1 atom stereocenters. The Labute approximate surface area is 169 Å². The number of nitrogens with one attached hydrogen (secondary N) is 1. The molecule has 1 unspecified atom stereocenters. The van der Waals surface area contributed by atoms with E-state index in [2.05, 4.69) is 11.4 Å². The molecular formula is C24H32N2O2. The molecule has 150 valence electrons. The van der Waals surface area contributed by atoms with E-state index in [-0.39, 0.29) is 11.8 Å². The lowest BCUT2D eigenvalue weighted by atomic mass is 10.0. The SMILES string of the molecule is CCNC(=O)C(CC)N(Cc1ccc(C)cc1)C(=O)Cc1cc(C)cc(C)c1. The van der Waals surface area contributed by atoms with Crippen molar-refractivity contribution < 1.29 is 9.59 Å². The van der Waals surface area contributed by atoms with Crippen molar-refractivity contribution in [2.75, 3.05) is 6.54 Å². The zero-order valence-electron chi connectivity index (χ0n) is 17.7. The molecule has 4 heteroatoms. The van der Waals surface area contributed by atoms with Gasteiger partial charge in [-0.2, -0.15) is 0 Å². The smallest absolute Gasteiger partial charge is 0.242 e. The van der Waals surface area contributed by atoms with Gasteiger partial charge in [-0.15, -0.1) is 0 Å². The molecule has 0 aliphatic rings. The van der Waals surface area contributed by atoms with Crippen molar-refractivity contribution in [2.45, 2.75) is 60.0 Å². The summed E-state index contributed by atoms with van der Waals surface area (Å²) in [7, 11) is 0. The van der Waals surface area contributed by atoms with Crippen molar-refractivity contribution in [1.29, 1.82) is 0 Å². The molecule has 0 bridgehead atoms. The number of amides is 2. The minimum atomic E-state index is -0.473. The predicted octanol–water partition coefficient (Wildman–Crippen LogP) is 4.10. The van der Waals surface area contributed by atoms with Gasteiger partial charge in [-0.1, -0.05) is 66.1 Å². The van der Waals surface area contributed by atoms with Crippen LogP contribution in [0.2, 0.25) is 0 Å². The van der Waals surface area contributed by atoms with Crippen molar-refractivity contribution in [2.24, 2.45) is 0 Å². The average Bonchev–Trinajstić information content (AvgIpc) is 2.62. The molecule has 0 heterocycles. The maximum atomic E-state index is 13.3. The molecule has 4 nitrogen and oxygen atoms in total. The Morgan fingerprint density at radius 3 is 2.04 bits per heavy atom. The molecule has 0 aromatic heterocycles. The van der Waals surface area contributed by atoms with Crippen LogP contribution in [0.5, 0.6) is 0 Å². The van der Waals surface area contributed by atoms with Gasteiger partial charge in [0.1, 0.15) is 6.04 Å². The third-order valence-electron chi connectivity index (χ3n) is 4.85. The van der Waals surface area contributed by atoms with Crippen LogP contribution in [0, 0.1) is 20.8 Å². The molecular weight excluding hydrogens is 348 g/mol. The van der Waals surface area contributed by atoms with Gasteiger partial charge in [-0.05, 0) is 45.2 Å². The van der Waals surface area contributed by atoms with E-state index in [1.165, 1.54) is 5.56 Å². The van der Waals surface area contributed by atoms with Crippen molar-refractivity contribution >= 4 is 11.8 Å². The van der Waals surface area contributed by atoms with Gasteiger partial charge >= 0.3 is 0 Å². The fourth-order valence-corrected chi connectivity index (χ4v) is 3.55. The highest BCUT2D eigenvalue weighted by Crippen LogP contribution is 2.17. The first kappa shape index (κ1) is 21.7. The molecule has 0 aliphatic heterocycles. The van der Waals surface area contributed by atoms with Crippen LogP contribution in [-0.4, -0.2) is 29.3 Å². The van der Waals surface area contributed by atoms with Gasteiger partial charge in [0.2, 0.25) is 11.8 Å². The fraction of sp³-hybridized carbons (Fsp3) is 0.417. The van der Waals surface area contributed by atoms with Crippen LogP contribution >= 0.6 is 0 Å². The molecule has 2 rings (SSSR count). The number of hydrogen-bond acceptors (Lipinski definition) is 2. The van der Waals surface area contributed by atoms with E-state index >= 15 is 0 Å². The van der Waals surface area contributed by atoms with Gasteiger partial charge in [-0.3, -0.25) is 9.59 Å². The van der Waals surface area contributed by atoms with Gasteiger partial charge in [0.15, 0.2) is 0 Å². The van der Waals surface area contributed by atoms with E-state index in [0.29, 0.717) is 25.9 Å². The van der Waals surface area contributed by atoms with Crippen molar-refractivity contribution in [3.8, 4) is 0 Å². The van der Waals surface area contributed by atoms with Crippen LogP contribution in [-0.2, 0) is 22.6 Å². The molecule has 28 heavy (non-hydrogen) atoms. The van der Waals surface area contributed by atoms with Crippen molar-refractivity contribution in [3.63, 3.8) is 0 Å². The standard InChI is InChI=1S/C24H32N2O2/c1-6-22(24(28)25-7-2)26(16-20-10-8-17(3)9-11-20)23(27)15-21-13-18(4)12-19(5)14-21/h8-14,22H,6-7,15-16H2,1-5H3,(H,25,28). The molecule has 0 saturated heterocycles. The highest BCUT2D eigenvalue weighted by Gasteiger charge is 2.28. The lowest BCUT2D eigenvalue weighted by Crippen LogP contribution is -2.49. The maximum Gasteiger partial charge on any atom is 0.242 e. The average molecular weight is 381 g/mol. The largest absolute Gasteiger partial charge is 0.355 e. The second-order valence-corrected chi connectivity index (χ2v) is 7.50. The summed E-state index contributed by atoms with van der Waals surface area (Å²) in [4.78, 5) is 27.6. The first-order valence-electron chi connectivity index (χ1n) is 10.0. The summed E-state index contributed by atoms with van der Waals surface area (Å²) in [6.45, 7) is 10.9. The Hall–Kier alpha value is -2.62. The third kappa shape index (κ3) is 5.95. The van der Waals surface area contributed by atoms with Gasteiger partial charge < -0.3 is 10.2 Å². The maximum absolute atomic E-state index is 13.3. The van der Waals surface area contributed by atoms with Gasteiger partial charge in [0, 0.05) is 13.1 Å². The van der Waals surface area contributed by atoms with Crippen LogP contribution in [0.1, 0.15) is 48.1 Å². The normalized spacial score (nSPS) is 11.8. The number of hydrogen-bond donors (Lipinski definition) is 1. The highest BCUT2D eigenvalue weighted by atomic mass is 16.2. The summed E-state index contributed by atoms with van der Waals surface area (Å²) in [5, 5.41) is 2.88. The third-order valence-corrected chi connectivity index (χ3v) is 4.85. The van der Waals surface area contributed by atoms with Gasteiger partial charge in [0.25, 0.3) is 0 Å². The summed E-state index contributed by atoms with van der Waals surface area (Å²) in [5.74, 6) is -0.116. The Bertz CT molecular complexity index is 792. The minimum Gasteiger partial charge on any atom is -0.355 e. The fourth-order valence-electron chi connectivity index (χ4n) is 3.55. The monoisotopic (exact) mass is 380 g/mol. The van der Waals surface area contributed by atoms with E-state index in [9.17, 15) is 9.59 Å². The zero-order chi connectivity index (χ0) is 20.7. The first-order chi connectivity index (χ1) is 13.3. The Kier molecular flexibility index (Phi) is 7.80. The van der Waals surface area contributed by atoms with E-state index in [1.54, 1.807) is 4.90 Å². The predicted molar refractivity (Wildman–Crippen MR) is 114 cm³/mol. The van der Waals surface area contributed by atoms with Crippen molar-refractivity contribution in [1.82, 2.24) is 10.2 Å². The summed E-state index contributed by atoms with van der Waals surface area (Å²) in [6, 6.07) is 13.8.